The molecule has 0 unspecified atom stereocenters. The van der Waals surface area contributed by atoms with E-state index in [2.05, 4.69) is 55.1 Å². The summed E-state index contributed by atoms with van der Waals surface area (Å²) >= 11 is 0. The Bertz CT molecular complexity index is 423. The van der Waals surface area contributed by atoms with E-state index in [9.17, 15) is 0 Å². The third kappa shape index (κ3) is 3.84. The third-order valence-corrected chi connectivity index (χ3v) is 8.26. The van der Waals surface area contributed by atoms with Crippen LogP contribution in [0.3, 0.4) is 0 Å². The third-order valence-electron chi connectivity index (χ3n) is 3.53. The van der Waals surface area contributed by atoms with Crippen LogP contribution in [0, 0.1) is 0 Å². The van der Waals surface area contributed by atoms with Crippen LogP contribution in [-0.4, -0.2) is 14.8 Å². The fraction of sp³-hybridized carbons (Fsp3) is 0.222. The lowest BCUT2D eigenvalue weighted by Crippen LogP contribution is -2.53. The summed E-state index contributed by atoms with van der Waals surface area (Å²) in [5.41, 5.74) is 1.25. The summed E-state index contributed by atoms with van der Waals surface area (Å²) < 4.78 is 2.52. The Balaban J connectivity index is 3.27. The molecule has 1 nitrogen and oxygen atoms in total. The number of rotatable bonds is 10. The fourth-order valence-corrected chi connectivity index (χ4v) is 6.68. The first kappa shape index (κ1) is 16.3. The van der Waals surface area contributed by atoms with Crippen molar-refractivity contribution in [2.45, 2.75) is 18.1 Å². The van der Waals surface area contributed by atoms with Gasteiger partial charge in [0, 0.05) is 12.2 Å². The predicted octanol–water partition coefficient (Wildman–Crippen LogP) is 5.18. The van der Waals surface area contributed by atoms with Gasteiger partial charge in [0.25, 0.3) is 0 Å². The summed E-state index contributed by atoms with van der Waals surface area (Å²) in [6.45, 7) is 16.7. The van der Waals surface area contributed by atoms with Gasteiger partial charge < -0.3 is 4.57 Å². The number of hydrogen-bond donors (Lipinski definition) is 0. The molecule has 0 spiro atoms. The summed E-state index contributed by atoms with van der Waals surface area (Å²) in [4.78, 5) is 0. The van der Waals surface area contributed by atoms with Crippen molar-refractivity contribution in [2.24, 2.45) is 0 Å². The van der Waals surface area contributed by atoms with Gasteiger partial charge in [-0.1, -0.05) is 42.5 Å². The van der Waals surface area contributed by atoms with E-state index < -0.39 is 8.24 Å². The number of allylic oxidation sites excluding steroid dienone is 3. The fourth-order valence-electron chi connectivity index (χ4n) is 2.70. The van der Waals surface area contributed by atoms with Crippen LogP contribution in [0.5, 0.6) is 0 Å². The highest BCUT2D eigenvalue weighted by molar-refractivity contribution is 6.84. The highest BCUT2D eigenvalue weighted by atomic mass is 28.3. The van der Waals surface area contributed by atoms with E-state index in [1.54, 1.807) is 0 Å². The van der Waals surface area contributed by atoms with Crippen molar-refractivity contribution in [3.05, 3.63) is 81.0 Å². The number of nitrogens with zero attached hydrogens (tertiary/aromatic N) is 1. The van der Waals surface area contributed by atoms with Crippen LogP contribution in [0.4, 0.5) is 5.69 Å². The Kier molecular flexibility index (Phi) is 6.81. The minimum Gasteiger partial charge on any atom is -0.393 e. The molecule has 0 saturated heterocycles. The molecule has 0 amide bonds. The second kappa shape index (κ2) is 8.38. The molecule has 2 heteroatoms. The molecule has 0 aliphatic carbocycles. The zero-order valence-corrected chi connectivity index (χ0v) is 13.3. The Morgan fingerprint density at radius 1 is 0.800 bits per heavy atom. The summed E-state index contributed by atoms with van der Waals surface area (Å²) in [5.74, 6) is 0. The molecular weight excluding hydrogens is 258 g/mol. The molecular formula is C18H25NSi. The number of para-hydroxylation sites is 1. The van der Waals surface area contributed by atoms with E-state index in [-0.39, 0.29) is 0 Å². The second-order valence-electron chi connectivity index (χ2n) is 4.94. The van der Waals surface area contributed by atoms with E-state index in [4.69, 9.17) is 0 Å². The smallest absolute Gasteiger partial charge is 0.168 e. The molecule has 0 aliphatic rings. The molecule has 0 radical (unpaired) electrons. The first-order valence-electron chi connectivity index (χ1n) is 7.00. The largest absolute Gasteiger partial charge is 0.393 e. The SMILES string of the molecule is C=CCN(c1ccccc1)[Si](CC=C)(CC=C)CC=C. The molecule has 0 aliphatic heterocycles. The standard InChI is InChI=1S/C18H25NSi/c1-5-14-19(18-12-10-9-11-13-18)20(15-6-2,16-7-3)17-8-4/h5-13H,1-4,14-17H2. The van der Waals surface area contributed by atoms with Crippen molar-refractivity contribution in [3.8, 4) is 0 Å². The maximum Gasteiger partial charge on any atom is 0.168 e. The van der Waals surface area contributed by atoms with E-state index in [1.165, 1.54) is 5.69 Å². The van der Waals surface area contributed by atoms with Gasteiger partial charge in [-0.2, -0.15) is 0 Å². The molecule has 1 aromatic carbocycles. The lowest BCUT2D eigenvalue weighted by Gasteiger charge is -2.42. The zero-order chi connectivity index (χ0) is 14.8. The van der Waals surface area contributed by atoms with Crippen molar-refractivity contribution in [2.75, 3.05) is 11.1 Å². The summed E-state index contributed by atoms with van der Waals surface area (Å²) in [7, 11) is -1.78. The Morgan fingerprint density at radius 2 is 1.30 bits per heavy atom. The van der Waals surface area contributed by atoms with Gasteiger partial charge in [0.05, 0.1) is 0 Å². The minimum absolute atomic E-state index is 0.853. The van der Waals surface area contributed by atoms with Crippen LogP contribution in [-0.2, 0) is 0 Å². The van der Waals surface area contributed by atoms with Crippen LogP contribution in [0.1, 0.15) is 0 Å². The lowest BCUT2D eigenvalue weighted by molar-refractivity contribution is 1.08. The number of hydrogen-bond acceptors (Lipinski definition) is 1. The van der Waals surface area contributed by atoms with Gasteiger partial charge in [0.1, 0.15) is 0 Å². The van der Waals surface area contributed by atoms with Crippen LogP contribution in [0.25, 0.3) is 0 Å². The summed E-state index contributed by atoms with van der Waals surface area (Å²) in [6.07, 6.45) is 8.10. The quantitative estimate of drug-likeness (QED) is 0.422. The first-order valence-corrected chi connectivity index (χ1v) is 9.57. The molecule has 0 N–H and O–H groups in total. The molecule has 0 atom stereocenters. The van der Waals surface area contributed by atoms with Gasteiger partial charge in [-0.15, -0.1) is 26.3 Å². The summed E-state index contributed by atoms with van der Waals surface area (Å²) in [6, 6.07) is 13.6. The number of benzene rings is 1. The van der Waals surface area contributed by atoms with Crippen molar-refractivity contribution in [3.63, 3.8) is 0 Å². The Hall–Kier alpha value is -1.80. The van der Waals surface area contributed by atoms with Gasteiger partial charge >= 0.3 is 0 Å². The van der Waals surface area contributed by atoms with Crippen molar-refractivity contribution in [1.82, 2.24) is 0 Å². The Labute approximate surface area is 124 Å². The number of anilines is 1. The molecule has 20 heavy (non-hydrogen) atoms. The maximum atomic E-state index is 3.96. The molecule has 0 saturated carbocycles. The second-order valence-corrected chi connectivity index (χ2v) is 9.15. The highest BCUT2D eigenvalue weighted by Crippen LogP contribution is 2.31. The Morgan fingerprint density at radius 3 is 1.70 bits per heavy atom. The van der Waals surface area contributed by atoms with Crippen LogP contribution < -0.4 is 4.57 Å². The van der Waals surface area contributed by atoms with E-state index in [1.807, 2.05) is 30.4 Å². The van der Waals surface area contributed by atoms with Gasteiger partial charge in [0.15, 0.2) is 8.24 Å². The van der Waals surface area contributed by atoms with E-state index in [0.717, 1.165) is 24.7 Å². The highest BCUT2D eigenvalue weighted by Gasteiger charge is 2.36. The van der Waals surface area contributed by atoms with Gasteiger partial charge in [-0.3, -0.25) is 0 Å². The molecule has 0 fully saturated rings. The molecule has 1 aromatic rings. The molecule has 1 rings (SSSR count). The molecule has 0 bridgehead atoms. The minimum atomic E-state index is -1.78. The van der Waals surface area contributed by atoms with Gasteiger partial charge in [0.2, 0.25) is 0 Å². The normalized spacial score (nSPS) is 10.6. The maximum absolute atomic E-state index is 3.96. The summed E-state index contributed by atoms with van der Waals surface area (Å²) in [5, 5.41) is 0. The van der Waals surface area contributed by atoms with E-state index >= 15 is 0 Å². The first-order chi connectivity index (χ1) is 9.74. The van der Waals surface area contributed by atoms with Crippen molar-refractivity contribution >= 4 is 13.9 Å². The lowest BCUT2D eigenvalue weighted by atomic mass is 10.3. The van der Waals surface area contributed by atoms with Crippen LogP contribution >= 0.6 is 0 Å². The predicted molar refractivity (Wildman–Crippen MR) is 94.8 cm³/mol. The zero-order valence-electron chi connectivity index (χ0n) is 12.3. The molecule has 106 valence electrons. The van der Waals surface area contributed by atoms with Crippen LogP contribution in [0.15, 0.2) is 81.0 Å². The average molecular weight is 283 g/mol. The van der Waals surface area contributed by atoms with Gasteiger partial charge in [-0.25, -0.2) is 0 Å². The van der Waals surface area contributed by atoms with Gasteiger partial charge in [-0.05, 0) is 30.3 Å². The van der Waals surface area contributed by atoms with E-state index in [0.29, 0.717) is 0 Å². The van der Waals surface area contributed by atoms with Crippen molar-refractivity contribution < 1.29 is 0 Å². The molecule has 0 aromatic heterocycles. The van der Waals surface area contributed by atoms with Crippen molar-refractivity contribution in [1.29, 1.82) is 0 Å². The van der Waals surface area contributed by atoms with Crippen LogP contribution in [0.2, 0.25) is 18.1 Å². The monoisotopic (exact) mass is 283 g/mol. The topological polar surface area (TPSA) is 3.24 Å². The molecule has 0 heterocycles. The average Bonchev–Trinajstić information content (AvgIpc) is 2.46.